The summed E-state index contributed by atoms with van der Waals surface area (Å²) in [6.45, 7) is 3.84. The first-order valence-corrected chi connectivity index (χ1v) is 6.75. The molecule has 104 valence electrons. The molecule has 1 fully saturated rings. The number of methoxy groups -OCH3 is 1. The molecule has 0 radical (unpaired) electrons. The van der Waals surface area contributed by atoms with E-state index in [1.165, 1.54) is 12.7 Å². The summed E-state index contributed by atoms with van der Waals surface area (Å²) in [6.07, 6.45) is 0.769. The fraction of sp³-hybridized carbons (Fsp3) is 0.533. The minimum atomic E-state index is -0.182. The topological polar surface area (TPSA) is 55.6 Å². The Morgan fingerprint density at radius 3 is 2.74 bits per heavy atom. The van der Waals surface area contributed by atoms with Crippen LogP contribution in [-0.2, 0) is 16.1 Å². The van der Waals surface area contributed by atoms with Crippen molar-refractivity contribution >= 4 is 5.97 Å². The predicted molar refractivity (Wildman–Crippen MR) is 74.4 cm³/mol. The number of hydrogen-bond donors (Lipinski definition) is 1. The van der Waals surface area contributed by atoms with Crippen molar-refractivity contribution in [3.05, 3.63) is 35.9 Å². The molecule has 4 nitrogen and oxygen atoms in total. The molecule has 1 aromatic carbocycles. The van der Waals surface area contributed by atoms with E-state index in [-0.39, 0.29) is 24.0 Å². The standard InChI is InChI=1S/C15H22N2O2/c1-11-14(16)13(15(18)19-2)8-9-17(11)10-12-6-4-3-5-7-12/h3-7,11,13-14H,8-10,16H2,1-2H3. The lowest BCUT2D eigenvalue weighted by atomic mass is 9.86. The molecule has 4 heteroatoms. The average molecular weight is 262 g/mol. The van der Waals surface area contributed by atoms with Gasteiger partial charge >= 0.3 is 5.97 Å². The van der Waals surface area contributed by atoms with E-state index in [9.17, 15) is 4.79 Å². The van der Waals surface area contributed by atoms with Crippen LogP contribution in [0.3, 0.4) is 0 Å². The van der Waals surface area contributed by atoms with Crippen LogP contribution in [0.2, 0.25) is 0 Å². The van der Waals surface area contributed by atoms with Crippen LogP contribution in [0.5, 0.6) is 0 Å². The molecule has 3 atom stereocenters. The van der Waals surface area contributed by atoms with Gasteiger partial charge in [0.05, 0.1) is 13.0 Å². The lowest BCUT2D eigenvalue weighted by molar-refractivity contribution is -0.148. The van der Waals surface area contributed by atoms with E-state index in [0.717, 1.165) is 19.5 Å². The highest BCUT2D eigenvalue weighted by Gasteiger charge is 2.37. The average Bonchev–Trinajstić information content (AvgIpc) is 2.44. The number of rotatable bonds is 3. The van der Waals surface area contributed by atoms with Crippen LogP contribution in [0.25, 0.3) is 0 Å². The molecule has 2 N–H and O–H groups in total. The Kier molecular flexibility index (Phi) is 4.56. The highest BCUT2D eigenvalue weighted by Crippen LogP contribution is 2.24. The van der Waals surface area contributed by atoms with Gasteiger partial charge in [0.2, 0.25) is 0 Å². The molecule has 19 heavy (non-hydrogen) atoms. The third-order valence-corrected chi connectivity index (χ3v) is 4.06. The van der Waals surface area contributed by atoms with Gasteiger partial charge in [-0.15, -0.1) is 0 Å². The van der Waals surface area contributed by atoms with Gasteiger partial charge in [0.1, 0.15) is 0 Å². The Bertz CT molecular complexity index is 421. The van der Waals surface area contributed by atoms with Crippen molar-refractivity contribution in [2.24, 2.45) is 11.7 Å². The van der Waals surface area contributed by atoms with Crippen LogP contribution in [0.15, 0.2) is 30.3 Å². The number of hydrogen-bond acceptors (Lipinski definition) is 4. The van der Waals surface area contributed by atoms with Crippen molar-refractivity contribution in [1.29, 1.82) is 0 Å². The summed E-state index contributed by atoms with van der Waals surface area (Å²) in [5.74, 6) is -0.356. The Labute approximate surface area is 114 Å². The summed E-state index contributed by atoms with van der Waals surface area (Å²) < 4.78 is 4.82. The quantitative estimate of drug-likeness (QED) is 0.837. The van der Waals surface area contributed by atoms with Crippen LogP contribution in [0, 0.1) is 5.92 Å². The monoisotopic (exact) mass is 262 g/mol. The number of nitrogens with zero attached hydrogens (tertiary/aromatic N) is 1. The Hall–Kier alpha value is -1.39. The first-order chi connectivity index (χ1) is 9.13. The van der Waals surface area contributed by atoms with Gasteiger partial charge in [0.15, 0.2) is 0 Å². The summed E-state index contributed by atoms with van der Waals surface area (Å²) in [5, 5.41) is 0. The molecule has 0 aliphatic carbocycles. The lowest BCUT2D eigenvalue weighted by Crippen LogP contribution is -2.56. The van der Waals surface area contributed by atoms with E-state index in [2.05, 4.69) is 24.0 Å². The molecule has 1 heterocycles. The third kappa shape index (κ3) is 3.14. The highest BCUT2D eigenvalue weighted by molar-refractivity contribution is 5.73. The molecular weight excluding hydrogens is 240 g/mol. The number of ether oxygens (including phenoxy) is 1. The zero-order valence-corrected chi connectivity index (χ0v) is 11.6. The van der Waals surface area contributed by atoms with Gasteiger partial charge in [-0.25, -0.2) is 0 Å². The zero-order chi connectivity index (χ0) is 13.8. The molecule has 0 aromatic heterocycles. The zero-order valence-electron chi connectivity index (χ0n) is 11.6. The van der Waals surface area contributed by atoms with Crippen LogP contribution < -0.4 is 5.73 Å². The van der Waals surface area contributed by atoms with E-state index in [1.807, 2.05) is 18.2 Å². The molecule has 1 aliphatic heterocycles. The van der Waals surface area contributed by atoms with Crippen molar-refractivity contribution < 1.29 is 9.53 Å². The molecule has 1 aromatic rings. The maximum Gasteiger partial charge on any atom is 0.310 e. The van der Waals surface area contributed by atoms with Crippen molar-refractivity contribution in [3.63, 3.8) is 0 Å². The third-order valence-electron chi connectivity index (χ3n) is 4.06. The van der Waals surface area contributed by atoms with Gasteiger partial charge in [-0.1, -0.05) is 30.3 Å². The second kappa shape index (κ2) is 6.17. The first-order valence-electron chi connectivity index (χ1n) is 6.75. The predicted octanol–water partition coefficient (Wildman–Crippen LogP) is 1.40. The fourth-order valence-corrected chi connectivity index (χ4v) is 2.75. The summed E-state index contributed by atoms with van der Waals surface area (Å²) in [5.41, 5.74) is 7.48. The largest absolute Gasteiger partial charge is 0.469 e. The lowest BCUT2D eigenvalue weighted by Gasteiger charge is -2.41. The summed E-state index contributed by atoms with van der Waals surface area (Å²) in [4.78, 5) is 14.0. The van der Waals surface area contributed by atoms with E-state index in [1.54, 1.807) is 0 Å². The Balaban J connectivity index is 2.01. The minimum absolute atomic E-state index is 0.162. The Morgan fingerprint density at radius 1 is 1.42 bits per heavy atom. The van der Waals surface area contributed by atoms with Gasteiger partial charge in [-0.05, 0) is 25.5 Å². The number of benzene rings is 1. The molecule has 0 amide bonds. The van der Waals surface area contributed by atoms with Crippen LogP contribution in [-0.4, -0.2) is 36.6 Å². The molecule has 3 unspecified atom stereocenters. The SMILES string of the molecule is COC(=O)C1CCN(Cc2ccccc2)C(C)C1N. The van der Waals surface area contributed by atoms with Crippen LogP contribution in [0.1, 0.15) is 18.9 Å². The van der Waals surface area contributed by atoms with Crippen LogP contribution >= 0.6 is 0 Å². The minimum Gasteiger partial charge on any atom is -0.469 e. The smallest absolute Gasteiger partial charge is 0.310 e. The van der Waals surface area contributed by atoms with Gasteiger partial charge in [-0.2, -0.15) is 0 Å². The second-order valence-corrected chi connectivity index (χ2v) is 5.19. The van der Waals surface area contributed by atoms with E-state index in [0.29, 0.717) is 0 Å². The van der Waals surface area contributed by atoms with Gasteiger partial charge in [0, 0.05) is 18.6 Å². The fourth-order valence-electron chi connectivity index (χ4n) is 2.75. The van der Waals surface area contributed by atoms with E-state index < -0.39 is 0 Å². The summed E-state index contributed by atoms with van der Waals surface area (Å²) in [6, 6.07) is 10.3. The van der Waals surface area contributed by atoms with E-state index >= 15 is 0 Å². The maximum atomic E-state index is 11.7. The molecule has 1 saturated heterocycles. The Morgan fingerprint density at radius 2 is 2.11 bits per heavy atom. The number of likely N-dealkylation sites (tertiary alicyclic amines) is 1. The highest BCUT2D eigenvalue weighted by atomic mass is 16.5. The normalized spacial score (nSPS) is 28.1. The molecule has 1 aliphatic rings. The van der Waals surface area contributed by atoms with Crippen molar-refractivity contribution in [2.75, 3.05) is 13.7 Å². The molecule has 0 spiro atoms. The van der Waals surface area contributed by atoms with E-state index in [4.69, 9.17) is 10.5 Å². The van der Waals surface area contributed by atoms with Crippen molar-refractivity contribution in [3.8, 4) is 0 Å². The van der Waals surface area contributed by atoms with Gasteiger partial charge in [0.25, 0.3) is 0 Å². The first kappa shape index (κ1) is 14.0. The number of carbonyl (C=O) groups is 1. The summed E-state index contributed by atoms with van der Waals surface area (Å²) >= 11 is 0. The van der Waals surface area contributed by atoms with Crippen molar-refractivity contribution in [1.82, 2.24) is 4.90 Å². The van der Waals surface area contributed by atoms with Gasteiger partial charge < -0.3 is 10.5 Å². The molecule has 0 bridgehead atoms. The molecular formula is C15H22N2O2. The maximum absolute atomic E-state index is 11.7. The molecule has 0 saturated carbocycles. The van der Waals surface area contributed by atoms with Crippen molar-refractivity contribution in [2.45, 2.75) is 32.0 Å². The number of esters is 1. The molecule has 2 rings (SSSR count). The number of nitrogens with two attached hydrogens (primary N) is 1. The van der Waals surface area contributed by atoms with Crippen LogP contribution in [0.4, 0.5) is 0 Å². The second-order valence-electron chi connectivity index (χ2n) is 5.19. The number of carbonyl (C=O) groups excluding carboxylic acids is 1. The summed E-state index contributed by atoms with van der Waals surface area (Å²) in [7, 11) is 1.43. The van der Waals surface area contributed by atoms with Gasteiger partial charge in [-0.3, -0.25) is 9.69 Å². The number of piperidine rings is 1.